The highest BCUT2D eigenvalue weighted by molar-refractivity contribution is 5.93. The maximum Gasteiger partial charge on any atom is 0.330 e. The molecule has 2 heterocycles. The van der Waals surface area contributed by atoms with Gasteiger partial charge in [-0.15, -0.1) is 0 Å². The summed E-state index contributed by atoms with van der Waals surface area (Å²) >= 11 is 0. The number of anilines is 1. The van der Waals surface area contributed by atoms with Crippen molar-refractivity contribution in [3.8, 4) is 0 Å². The van der Waals surface area contributed by atoms with E-state index >= 15 is 0 Å². The molecule has 5 heteroatoms. The van der Waals surface area contributed by atoms with E-state index in [4.69, 9.17) is 4.74 Å². The molecule has 2 rings (SSSR count). The fourth-order valence-corrected chi connectivity index (χ4v) is 1.72. The summed E-state index contributed by atoms with van der Waals surface area (Å²) in [4.78, 5) is 26.5. The van der Waals surface area contributed by atoms with Gasteiger partial charge >= 0.3 is 5.97 Å². The molecule has 1 aromatic rings. The minimum atomic E-state index is -0.372. The van der Waals surface area contributed by atoms with E-state index in [0.29, 0.717) is 25.3 Å². The Labute approximate surface area is 105 Å². The standard InChI is InChI=1S/C13H14N2O3/c1-2-18-12(17)6-3-9-7-10-4-5-11(16)15-13(10)14-8-9/h3,6-8H,2,4-5H2,1H3,(H,14,15,16)/b6-3+. The molecule has 0 spiro atoms. The van der Waals surface area contributed by atoms with Gasteiger partial charge in [0.25, 0.3) is 0 Å². The smallest absolute Gasteiger partial charge is 0.330 e. The third-order valence-electron chi connectivity index (χ3n) is 2.57. The van der Waals surface area contributed by atoms with Gasteiger partial charge in [0.15, 0.2) is 0 Å². The summed E-state index contributed by atoms with van der Waals surface area (Å²) < 4.78 is 4.79. The molecule has 0 saturated heterocycles. The topological polar surface area (TPSA) is 68.3 Å². The van der Waals surface area contributed by atoms with Crippen molar-refractivity contribution in [1.29, 1.82) is 0 Å². The monoisotopic (exact) mass is 246 g/mol. The number of ether oxygens (including phenoxy) is 1. The van der Waals surface area contributed by atoms with Gasteiger partial charge in [-0.25, -0.2) is 9.78 Å². The number of fused-ring (bicyclic) bond motifs is 1. The molecule has 0 aliphatic carbocycles. The number of hydrogen-bond acceptors (Lipinski definition) is 4. The van der Waals surface area contributed by atoms with Crippen LogP contribution in [-0.2, 0) is 20.7 Å². The van der Waals surface area contributed by atoms with Crippen molar-refractivity contribution in [3.63, 3.8) is 0 Å². The van der Waals surface area contributed by atoms with Crippen LogP contribution in [0.4, 0.5) is 5.82 Å². The van der Waals surface area contributed by atoms with Gasteiger partial charge in [0.2, 0.25) is 5.91 Å². The van der Waals surface area contributed by atoms with Gasteiger partial charge in [-0.2, -0.15) is 0 Å². The van der Waals surface area contributed by atoms with Crippen LogP contribution in [0, 0.1) is 0 Å². The van der Waals surface area contributed by atoms with Crippen LogP contribution in [0.5, 0.6) is 0 Å². The van der Waals surface area contributed by atoms with Crippen LogP contribution in [0.3, 0.4) is 0 Å². The van der Waals surface area contributed by atoms with E-state index in [1.54, 1.807) is 19.2 Å². The predicted molar refractivity (Wildman–Crippen MR) is 66.9 cm³/mol. The summed E-state index contributed by atoms with van der Waals surface area (Å²) in [6.07, 6.45) is 5.78. The van der Waals surface area contributed by atoms with Crippen molar-refractivity contribution in [2.45, 2.75) is 19.8 Å². The van der Waals surface area contributed by atoms with Gasteiger partial charge in [0.1, 0.15) is 5.82 Å². The third-order valence-corrected chi connectivity index (χ3v) is 2.57. The van der Waals surface area contributed by atoms with Crippen molar-refractivity contribution in [3.05, 3.63) is 29.5 Å². The predicted octanol–water partition coefficient (Wildman–Crippen LogP) is 1.54. The normalized spacial score (nSPS) is 14.2. The zero-order chi connectivity index (χ0) is 13.0. The highest BCUT2D eigenvalue weighted by atomic mass is 16.5. The Hall–Kier alpha value is -2.17. The Morgan fingerprint density at radius 2 is 2.39 bits per heavy atom. The Bertz CT molecular complexity index is 509. The average molecular weight is 246 g/mol. The lowest BCUT2D eigenvalue weighted by Crippen LogP contribution is -2.20. The molecule has 0 atom stereocenters. The van der Waals surface area contributed by atoms with Gasteiger partial charge in [-0.3, -0.25) is 4.79 Å². The average Bonchev–Trinajstić information content (AvgIpc) is 2.36. The molecule has 1 N–H and O–H groups in total. The largest absolute Gasteiger partial charge is 0.463 e. The highest BCUT2D eigenvalue weighted by Gasteiger charge is 2.15. The first-order valence-corrected chi connectivity index (χ1v) is 5.82. The molecule has 0 fully saturated rings. The van der Waals surface area contributed by atoms with Crippen LogP contribution in [0.2, 0.25) is 0 Å². The molecule has 94 valence electrons. The molecular formula is C13H14N2O3. The minimum Gasteiger partial charge on any atom is -0.463 e. The van der Waals surface area contributed by atoms with Gasteiger partial charge < -0.3 is 10.1 Å². The number of carbonyl (C=O) groups is 2. The first-order chi connectivity index (χ1) is 8.69. The van der Waals surface area contributed by atoms with Crippen LogP contribution >= 0.6 is 0 Å². The lowest BCUT2D eigenvalue weighted by Gasteiger charge is -2.15. The van der Waals surface area contributed by atoms with Crippen LogP contribution in [0.15, 0.2) is 18.3 Å². The Morgan fingerprint density at radius 1 is 1.56 bits per heavy atom. The number of amides is 1. The summed E-state index contributed by atoms with van der Waals surface area (Å²) in [5.74, 6) is 0.230. The molecule has 1 aliphatic rings. The first kappa shape index (κ1) is 12.3. The molecule has 18 heavy (non-hydrogen) atoms. The summed E-state index contributed by atoms with van der Waals surface area (Å²) in [6, 6.07) is 1.91. The van der Waals surface area contributed by atoms with E-state index in [0.717, 1.165) is 11.1 Å². The number of carbonyl (C=O) groups excluding carboxylic acids is 2. The van der Waals surface area contributed by atoms with E-state index in [1.165, 1.54) is 6.08 Å². The van der Waals surface area contributed by atoms with Gasteiger partial charge in [-0.1, -0.05) is 0 Å². The maximum absolute atomic E-state index is 11.2. The van der Waals surface area contributed by atoms with E-state index in [-0.39, 0.29) is 11.9 Å². The molecule has 0 aromatic carbocycles. The lowest BCUT2D eigenvalue weighted by molar-refractivity contribution is -0.137. The molecule has 1 aromatic heterocycles. The third kappa shape index (κ3) is 2.94. The molecule has 1 aliphatic heterocycles. The van der Waals surface area contributed by atoms with E-state index in [9.17, 15) is 9.59 Å². The summed E-state index contributed by atoms with van der Waals surface area (Å²) in [5.41, 5.74) is 1.80. The number of aryl methyl sites for hydroxylation is 1. The van der Waals surface area contributed by atoms with Crippen molar-refractivity contribution in [2.75, 3.05) is 11.9 Å². The number of pyridine rings is 1. The fraction of sp³-hybridized carbons (Fsp3) is 0.308. The maximum atomic E-state index is 11.2. The second-order valence-corrected chi connectivity index (χ2v) is 3.91. The van der Waals surface area contributed by atoms with Crippen LogP contribution in [0.1, 0.15) is 24.5 Å². The number of nitrogens with zero attached hydrogens (tertiary/aromatic N) is 1. The molecular weight excluding hydrogens is 232 g/mol. The van der Waals surface area contributed by atoms with Crippen LogP contribution in [-0.4, -0.2) is 23.5 Å². The van der Waals surface area contributed by atoms with E-state index in [1.807, 2.05) is 6.07 Å². The van der Waals surface area contributed by atoms with Crippen LogP contribution < -0.4 is 5.32 Å². The number of aromatic nitrogens is 1. The molecule has 5 nitrogen and oxygen atoms in total. The molecule has 0 unspecified atom stereocenters. The second-order valence-electron chi connectivity index (χ2n) is 3.91. The summed E-state index contributed by atoms with van der Waals surface area (Å²) in [5, 5.41) is 2.71. The van der Waals surface area contributed by atoms with Crippen molar-refractivity contribution >= 4 is 23.8 Å². The van der Waals surface area contributed by atoms with Crippen molar-refractivity contribution in [2.24, 2.45) is 0 Å². The SMILES string of the molecule is CCOC(=O)/C=C/c1cnc2c(c1)CCC(=O)N2. The van der Waals surface area contributed by atoms with Gasteiger partial charge in [0.05, 0.1) is 6.61 Å². The molecule has 0 radical (unpaired) electrons. The Morgan fingerprint density at radius 3 is 3.17 bits per heavy atom. The summed E-state index contributed by atoms with van der Waals surface area (Å²) in [7, 11) is 0. The molecule has 1 amide bonds. The first-order valence-electron chi connectivity index (χ1n) is 5.82. The molecule has 0 saturated carbocycles. The van der Waals surface area contributed by atoms with Gasteiger partial charge in [0, 0.05) is 18.7 Å². The van der Waals surface area contributed by atoms with E-state index < -0.39 is 0 Å². The van der Waals surface area contributed by atoms with Crippen molar-refractivity contribution < 1.29 is 14.3 Å². The molecule has 0 bridgehead atoms. The Kier molecular flexibility index (Phi) is 3.72. The number of hydrogen-bond donors (Lipinski definition) is 1. The highest BCUT2D eigenvalue weighted by Crippen LogP contribution is 2.21. The minimum absolute atomic E-state index is 0.00943. The number of rotatable bonds is 3. The summed E-state index contributed by atoms with van der Waals surface area (Å²) in [6.45, 7) is 2.12. The van der Waals surface area contributed by atoms with Crippen molar-refractivity contribution in [1.82, 2.24) is 4.98 Å². The van der Waals surface area contributed by atoms with E-state index in [2.05, 4.69) is 10.3 Å². The zero-order valence-electron chi connectivity index (χ0n) is 10.1. The van der Waals surface area contributed by atoms with Gasteiger partial charge in [-0.05, 0) is 36.6 Å². The fourth-order valence-electron chi connectivity index (χ4n) is 1.72. The quantitative estimate of drug-likeness (QED) is 0.649. The number of esters is 1. The Balaban J connectivity index is 2.12. The zero-order valence-corrected chi connectivity index (χ0v) is 10.1. The number of nitrogens with one attached hydrogen (secondary N) is 1. The lowest BCUT2D eigenvalue weighted by atomic mass is 10.0. The second kappa shape index (κ2) is 5.44. The van der Waals surface area contributed by atoms with Crippen LogP contribution in [0.25, 0.3) is 6.08 Å².